The molecule has 1 fully saturated rings. The minimum atomic E-state index is -0.373. The van der Waals surface area contributed by atoms with Gasteiger partial charge in [0.15, 0.2) is 0 Å². The highest BCUT2D eigenvalue weighted by Gasteiger charge is 2.58. The second-order valence-electron chi connectivity index (χ2n) is 6.40. The number of hydrogen-bond donors (Lipinski definition) is 0. The molecule has 0 saturated carbocycles. The Kier molecular flexibility index (Phi) is 2.68. The van der Waals surface area contributed by atoms with Crippen molar-refractivity contribution in [3.05, 3.63) is 53.8 Å². The number of anilines is 1. The Bertz CT molecular complexity index is 709. The maximum Gasteiger partial charge on any atom is 0.325 e. The lowest BCUT2D eigenvalue weighted by atomic mass is 9.71. The maximum absolute atomic E-state index is 12.9. The highest BCUT2D eigenvalue weighted by molar-refractivity contribution is 5.96. The summed E-state index contributed by atoms with van der Waals surface area (Å²) in [5, 5.41) is 0. The molecule has 1 spiro atoms. The van der Waals surface area contributed by atoms with Crippen molar-refractivity contribution in [3.63, 3.8) is 0 Å². The molecule has 1 aromatic carbocycles. The Labute approximate surface area is 130 Å². The van der Waals surface area contributed by atoms with E-state index in [-0.39, 0.29) is 17.5 Å². The van der Waals surface area contributed by atoms with Crippen molar-refractivity contribution in [2.24, 2.45) is 11.8 Å². The molecule has 4 rings (SSSR count). The van der Waals surface area contributed by atoms with Gasteiger partial charge in [0.05, 0.1) is 18.3 Å². The average Bonchev–Trinajstić information content (AvgIpc) is 2.86. The minimum Gasteiger partial charge on any atom is -0.497 e. The fourth-order valence-electron chi connectivity index (χ4n) is 4.28. The summed E-state index contributed by atoms with van der Waals surface area (Å²) in [5.74, 6) is 1.51. The molecule has 114 valence electrons. The molecule has 1 aromatic rings. The number of nitrogens with zero attached hydrogens (tertiary/aromatic N) is 2. The Morgan fingerprint density at radius 1 is 1.32 bits per heavy atom. The lowest BCUT2D eigenvalue weighted by Crippen LogP contribution is -2.56. The fourth-order valence-corrected chi connectivity index (χ4v) is 4.28. The molecule has 0 N–H and O–H groups in total. The molecule has 0 unspecified atom stereocenters. The second-order valence-corrected chi connectivity index (χ2v) is 6.40. The van der Waals surface area contributed by atoms with E-state index >= 15 is 0 Å². The van der Waals surface area contributed by atoms with E-state index in [1.165, 1.54) is 5.56 Å². The average molecular weight is 296 g/mol. The quantitative estimate of drug-likeness (QED) is 0.797. The van der Waals surface area contributed by atoms with E-state index in [1.54, 1.807) is 12.0 Å². The highest BCUT2D eigenvalue weighted by atomic mass is 16.5. The third-order valence-electron chi connectivity index (χ3n) is 5.33. The minimum absolute atomic E-state index is 0.0759. The Balaban J connectivity index is 1.98. The predicted molar refractivity (Wildman–Crippen MR) is 85.5 cm³/mol. The molecule has 1 aliphatic carbocycles. The first-order valence-corrected chi connectivity index (χ1v) is 7.69. The van der Waals surface area contributed by atoms with E-state index in [0.29, 0.717) is 5.92 Å². The first-order valence-electron chi connectivity index (χ1n) is 7.69. The topological polar surface area (TPSA) is 32.8 Å². The third kappa shape index (κ3) is 1.45. The van der Waals surface area contributed by atoms with Gasteiger partial charge in [-0.25, -0.2) is 4.79 Å². The number of methoxy groups -OCH3 is 1. The number of fused-ring (bicyclic) bond motifs is 1. The van der Waals surface area contributed by atoms with Gasteiger partial charge in [-0.1, -0.05) is 31.2 Å². The monoisotopic (exact) mass is 296 g/mol. The lowest BCUT2D eigenvalue weighted by molar-refractivity contribution is 0.157. The second kappa shape index (κ2) is 4.38. The van der Waals surface area contributed by atoms with E-state index < -0.39 is 0 Å². The SMILES string of the molecule is COC1=C[C@H]2[C@H](C)CN3C(=O)N(C)c4ccccc4[C@]23C=C1. The van der Waals surface area contributed by atoms with E-state index in [1.807, 2.05) is 30.2 Å². The smallest absolute Gasteiger partial charge is 0.325 e. The molecule has 2 aliphatic heterocycles. The largest absolute Gasteiger partial charge is 0.497 e. The van der Waals surface area contributed by atoms with Crippen LogP contribution in [0.5, 0.6) is 0 Å². The zero-order chi connectivity index (χ0) is 15.5. The van der Waals surface area contributed by atoms with Gasteiger partial charge >= 0.3 is 6.03 Å². The van der Waals surface area contributed by atoms with Crippen molar-refractivity contribution < 1.29 is 9.53 Å². The van der Waals surface area contributed by atoms with Gasteiger partial charge < -0.3 is 9.64 Å². The van der Waals surface area contributed by atoms with Crippen LogP contribution in [-0.4, -0.2) is 31.6 Å². The van der Waals surface area contributed by atoms with Crippen LogP contribution in [0, 0.1) is 11.8 Å². The summed E-state index contributed by atoms with van der Waals surface area (Å²) >= 11 is 0. The van der Waals surface area contributed by atoms with Crippen LogP contribution in [-0.2, 0) is 10.3 Å². The number of para-hydroxylation sites is 1. The number of rotatable bonds is 1. The van der Waals surface area contributed by atoms with Gasteiger partial charge in [-0.05, 0) is 24.1 Å². The molecule has 22 heavy (non-hydrogen) atoms. The first-order chi connectivity index (χ1) is 10.6. The summed E-state index contributed by atoms with van der Waals surface area (Å²) in [6, 6.07) is 8.30. The van der Waals surface area contributed by atoms with Gasteiger partial charge in [-0.2, -0.15) is 0 Å². The molecule has 3 atom stereocenters. The zero-order valence-electron chi connectivity index (χ0n) is 13.1. The van der Waals surface area contributed by atoms with Crippen LogP contribution in [0.4, 0.5) is 10.5 Å². The summed E-state index contributed by atoms with van der Waals surface area (Å²) in [7, 11) is 3.55. The molecule has 2 amide bonds. The van der Waals surface area contributed by atoms with Gasteiger partial charge in [0.2, 0.25) is 0 Å². The van der Waals surface area contributed by atoms with E-state index in [9.17, 15) is 4.79 Å². The van der Waals surface area contributed by atoms with Crippen molar-refractivity contribution in [1.29, 1.82) is 0 Å². The lowest BCUT2D eigenvalue weighted by Gasteiger charge is -2.48. The zero-order valence-corrected chi connectivity index (χ0v) is 13.1. The molecule has 0 radical (unpaired) electrons. The van der Waals surface area contributed by atoms with E-state index in [4.69, 9.17) is 4.74 Å². The van der Waals surface area contributed by atoms with Crippen molar-refractivity contribution in [1.82, 2.24) is 4.90 Å². The van der Waals surface area contributed by atoms with E-state index in [0.717, 1.165) is 18.0 Å². The number of amides is 2. The number of urea groups is 1. The number of carbonyl (C=O) groups is 1. The predicted octanol–water partition coefficient (Wildman–Crippen LogP) is 3.12. The van der Waals surface area contributed by atoms with Crippen molar-refractivity contribution in [2.75, 3.05) is 25.6 Å². The van der Waals surface area contributed by atoms with Crippen LogP contribution in [0.1, 0.15) is 12.5 Å². The van der Waals surface area contributed by atoms with Gasteiger partial charge in [0.1, 0.15) is 5.76 Å². The molecule has 4 heteroatoms. The van der Waals surface area contributed by atoms with Crippen molar-refractivity contribution >= 4 is 11.7 Å². The fraction of sp³-hybridized carbons (Fsp3) is 0.389. The van der Waals surface area contributed by atoms with Crippen LogP contribution in [0.2, 0.25) is 0 Å². The number of benzene rings is 1. The number of ether oxygens (including phenoxy) is 1. The van der Waals surface area contributed by atoms with Crippen LogP contribution >= 0.6 is 0 Å². The summed E-state index contributed by atoms with van der Waals surface area (Å²) in [5.41, 5.74) is 1.83. The van der Waals surface area contributed by atoms with Gasteiger partial charge in [-0.3, -0.25) is 4.90 Å². The summed E-state index contributed by atoms with van der Waals surface area (Å²) in [6.07, 6.45) is 6.33. The Morgan fingerprint density at radius 3 is 2.86 bits per heavy atom. The standard InChI is InChI=1S/C18H20N2O2/c1-12-11-20-17(21)19(2)16-7-5-4-6-14(16)18(20)9-8-13(22-3)10-15(12)18/h4-10,12,15H,11H2,1-3H3/t12-,15+,18-/m1/s1. The first kappa shape index (κ1) is 13.4. The van der Waals surface area contributed by atoms with Crippen LogP contribution in [0.15, 0.2) is 48.3 Å². The third-order valence-corrected chi connectivity index (χ3v) is 5.33. The van der Waals surface area contributed by atoms with Gasteiger partial charge in [0.25, 0.3) is 0 Å². The summed E-state index contributed by atoms with van der Waals surface area (Å²) in [6.45, 7) is 2.98. The number of allylic oxidation sites excluding steroid dienone is 1. The van der Waals surface area contributed by atoms with Gasteiger partial charge in [0, 0.05) is 25.1 Å². The Morgan fingerprint density at radius 2 is 2.09 bits per heavy atom. The molecule has 4 nitrogen and oxygen atoms in total. The molecular weight excluding hydrogens is 276 g/mol. The number of carbonyl (C=O) groups excluding carboxylic acids is 1. The highest BCUT2D eigenvalue weighted by Crippen LogP contribution is 2.55. The van der Waals surface area contributed by atoms with Crippen molar-refractivity contribution in [3.8, 4) is 0 Å². The molecule has 0 aromatic heterocycles. The van der Waals surface area contributed by atoms with Crippen molar-refractivity contribution in [2.45, 2.75) is 12.5 Å². The normalized spacial score (nSPS) is 32.3. The van der Waals surface area contributed by atoms with Gasteiger partial charge in [-0.15, -0.1) is 0 Å². The summed E-state index contributed by atoms with van der Waals surface area (Å²) < 4.78 is 5.42. The van der Waals surface area contributed by atoms with E-state index in [2.05, 4.69) is 31.2 Å². The van der Waals surface area contributed by atoms with Crippen LogP contribution in [0.25, 0.3) is 0 Å². The molecule has 2 heterocycles. The Hall–Kier alpha value is -2.23. The van der Waals surface area contributed by atoms with Crippen LogP contribution in [0.3, 0.4) is 0 Å². The summed E-state index contributed by atoms with van der Waals surface area (Å²) in [4.78, 5) is 16.7. The maximum atomic E-state index is 12.9. The molecular formula is C18H20N2O2. The molecule has 3 aliphatic rings. The molecule has 1 saturated heterocycles. The number of hydrogen-bond acceptors (Lipinski definition) is 2. The van der Waals surface area contributed by atoms with Crippen LogP contribution < -0.4 is 4.90 Å². The molecule has 0 bridgehead atoms.